The summed E-state index contributed by atoms with van der Waals surface area (Å²) in [5, 5.41) is 13.7. The zero-order valence-corrected chi connectivity index (χ0v) is 25.9. The Morgan fingerprint density at radius 2 is 1.81 bits per heavy atom. The van der Waals surface area contributed by atoms with Crippen molar-refractivity contribution >= 4 is 23.4 Å². The van der Waals surface area contributed by atoms with E-state index in [1.54, 1.807) is 19.3 Å². The maximum absolute atomic E-state index is 14.2. The topological polar surface area (TPSA) is 114 Å². The van der Waals surface area contributed by atoms with Crippen molar-refractivity contribution in [2.24, 2.45) is 29.7 Å². The first-order valence-corrected chi connectivity index (χ1v) is 16.2. The molecule has 3 atom stereocenters. The minimum Gasteiger partial charge on any atom is -0.380 e. The number of hydrogen-bond acceptors (Lipinski definition) is 5. The first-order valence-electron chi connectivity index (χ1n) is 16.2. The van der Waals surface area contributed by atoms with Gasteiger partial charge in [-0.1, -0.05) is 58.1 Å². The number of nitrogens with one attached hydrogen (secondary N) is 3. The van der Waals surface area contributed by atoms with Gasteiger partial charge >= 0.3 is 0 Å². The van der Waals surface area contributed by atoms with Gasteiger partial charge in [0.25, 0.3) is 5.91 Å². The average Bonchev–Trinajstić information content (AvgIpc) is 3.43. The highest BCUT2D eigenvalue weighted by atomic mass is 16.5. The van der Waals surface area contributed by atoms with E-state index in [9.17, 15) is 14.4 Å². The van der Waals surface area contributed by atoms with Crippen LogP contribution in [0.1, 0.15) is 94.1 Å². The van der Waals surface area contributed by atoms with Gasteiger partial charge in [0.05, 0.1) is 12.0 Å². The van der Waals surface area contributed by atoms with Crippen LogP contribution in [0.15, 0.2) is 36.5 Å². The Labute approximate surface area is 254 Å². The van der Waals surface area contributed by atoms with E-state index < -0.39 is 11.5 Å². The molecule has 3 saturated carbocycles. The molecule has 232 valence electrons. The Morgan fingerprint density at radius 1 is 1.05 bits per heavy atom. The zero-order chi connectivity index (χ0) is 30.2. The summed E-state index contributed by atoms with van der Waals surface area (Å²) in [4.78, 5) is 41.4. The van der Waals surface area contributed by atoms with Crippen molar-refractivity contribution in [2.75, 3.05) is 25.1 Å². The standard InChI is InChI=1S/C34H47N5O4/c1-32(13-7-14-32)21-35-31(42)34(17-19-43-22-34)24-10-6-11-25(20-24)37-30(41)28(38-29(40)26-12-18-36-39(26)3)27(33(2)15-16-33)23-8-4-5-9-23/h6,10-12,18,20,23,27-28H,4-5,7-9,13-17,19,21-22H2,1-3H3,(H,35,42)(H,37,41)(H,38,40)/t27?,28-,34?/m0/s1. The van der Waals surface area contributed by atoms with Gasteiger partial charge in [0.1, 0.15) is 11.7 Å². The van der Waals surface area contributed by atoms with E-state index >= 15 is 0 Å². The Morgan fingerprint density at radius 3 is 2.42 bits per heavy atom. The van der Waals surface area contributed by atoms with Crippen LogP contribution in [0.25, 0.3) is 0 Å². The van der Waals surface area contributed by atoms with E-state index in [4.69, 9.17) is 4.74 Å². The molecule has 3 aliphatic carbocycles. The van der Waals surface area contributed by atoms with Crippen molar-refractivity contribution < 1.29 is 19.1 Å². The lowest BCUT2D eigenvalue weighted by atomic mass is 9.70. The number of ether oxygens (including phenoxy) is 1. The molecule has 4 aliphatic rings. The lowest BCUT2D eigenvalue weighted by molar-refractivity contribution is -0.127. The van der Waals surface area contributed by atoms with Crippen LogP contribution in [-0.2, 0) is 26.8 Å². The second-order valence-electron chi connectivity index (χ2n) is 14.3. The van der Waals surface area contributed by atoms with E-state index in [1.165, 1.54) is 11.1 Å². The van der Waals surface area contributed by atoms with Gasteiger partial charge < -0.3 is 20.7 Å². The summed E-state index contributed by atoms with van der Waals surface area (Å²) in [6.45, 7) is 6.00. The second-order valence-corrected chi connectivity index (χ2v) is 14.3. The molecule has 2 heterocycles. The highest BCUT2D eigenvalue weighted by Crippen LogP contribution is 2.57. The maximum Gasteiger partial charge on any atom is 0.270 e. The molecule has 1 aromatic carbocycles. The van der Waals surface area contributed by atoms with Crippen molar-refractivity contribution in [2.45, 2.75) is 89.5 Å². The third-order valence-electron chi connectivity index (χ3n) is 11.1. The van der Waals surface area contributed by atoms with E-state index in [2.05, 4.69) is 34.9 Å². The third kappa shape index (κ3) is 5.97. The molecule has 3 amide bonds. The lowest BCUT2D eigenvalue weighted by Gasteiger charge is -2.39. The fourth-order valence-electron chi connectivity index (χ4n) is 7.86. The van der Waals surface area contributed by atoms with Crippen LogP contribution >= 0.6 is 0 Å². The summed E-state index contributed by atoms with van der Waals surface area (Å²) in [6.07, 6.45) is 12.3. The minimum atomic E-state index is -0.790. The number of amides is 3. The van der Waals surface area contributed by atoms with E-state index in [0.29, 0.717) is 43.5 Å². The van der Waals surface area contributed by atoms with Gasteiger partial charge in [0, 0.05) is 32.1 Å². The van der Waals surface area contributed by atoms with E-state index in [1.807, 2.05) is 24.3 Å². The minimum absolute atomic E-state index is 0.00845. The normalized spacial score (nSPS) is 25.4. The van der Waals surface area contributed by atoms with Crippen LogP contribution in [0.5, 0.6) is 0 Å². The van der Waals surface area contributed by atoms with Gasteiger partial charge in [-0.3, -0.25) is 19.1 Å². The second kappa shape index (κ2) is 11.7. The van der Waals surface area contributed by atoms with Crippen molar-refractivity contribution in [3.05, 3.63) is 47.8 Å². The molecule has 9 heteroatoms. The van der Waals surface area contributed by atoms with Crippen LogP contribution in [0, 0.1) is 22.7 Å². The largest absolute Gasteiger partial charge is 0.380 e. The first-order chi connectivity index (χ1) is 20.6. The number of carbonyl (C=O) groups excluding carboxylic acids is 3. The van der Waals surface area contributed by atoms with Gasteiger partial charge in [-0.15, -0.1) is 0 Å². The molecule has 43 heavy (non-hydrogen) atoms. The third-order valence-corrected chi connectivity index (χ3v) is 11.1. The molecule has 6 rings (SSSR count). The molecule has 3 N–H and O–H groups in total. The number of anilines is 1. The van der Waals surface area contributed by atoms with Crippen molar-refractivity contribution in [3.8, 4) is 0 Å². The van der Waals surface area contributed by atoms with Gasteiger partial charge in [-0.2, -0.15) is 5.10 Å². The maximum atomic E-state index is 14.2. The highest BCUT2D eigenvalue weighted by molar-refractivity contribution is 6.01. The predicted molar refractivity (Wildman–Crippen MR) is 164 cm³/mol. The molecule has 4 fully saturated rings. The average molecular weight is 590 g/mol. The molecule has 1 saturated heterocycles. The first kappa shape index (κ1) is 29.9. The predicted octanol–water partition coefficient (Wildman–Crippen LogP) is 4.73. The molecule has 0 bridgehead atoms. The van der Waals surface area contributed by atoms with Crippen LogP contribution in [0.2, 0.25) is 0 Å². The molecular weight excluding hydrogens is 542 g/mol. The van der Waals surface area contributed by atoms with Crippen molar-refractivity contribution in [1.82, 2.24) is 20.4 Å². The molecule has 2 unspecified atom stereocenters. The Bertz CT molecular complexity index is 1350. The highest BCUT2D eigenvalue weighted by Gasteiger charge is 2.53. The summed E-state index contributed by atoms with van der Waals surface area (Å²) < 4.78 is 7.32. The van der Waals surface area contributed by atoms with Crippen LogP contribution in [0.4, 0.5) is 5.69 Å². The SMILES string of the molecule is Cn1nccc1C(=O)N[C@H](C(=O)Nc1cccc(C2(C(=O)NCC3(C)CCC3)CCOC2)c1)C(C1CCCC1)C1(C)CC1. The lowest BCUT2D eigenvalue weighted by Crippen LogP contribution is -2.53. The summed E-state index contributed by atoms with van der Waals surface area (Å²) in [6, 6.07) is 8.63. The molecule has 0 spiro atoms. The Balaban J connectivity index is 1.25. The summed E-state index contributed by atoms with van der Waals surface area (Å²) in [7, 11) is 1.73. The quantitative estimate of drug-likeness (QED) is 0.351. The molecule has 2 aromatic rings. The summed E-state index contributed by atoms with van der Waals surface area (Å²) >= 11 is 0. The number of benzene rings is 1. The van der Waals surface area contributed by atoms with E-state index in [0.717, 1.165) is 56.9 Å². The number of aromatic nitrogens is 2. The fourth-order valence-corrected chi connectivity index (χ4v) is 7.86. The summed E-state index contributed by atoms with van der Waals surface area (Å²) in [5.74, 6) is -0.0761. The molecule has 9 nitrogen and oxygen atoms in total. The number of carbonyl (C=O) groups is 3. The van der Waals surface area contributed by atoms with Gasteiger partial charge in [-0.25, -0.2) is 0 Å². The van der Waals surface area contributed by atoms with Gasteiger partial charge in [0.15, 0.2) is 0 Å². The fraction of sp³-hybridized carbons (Fsp3) is 0.647. The molecular formula is C34H47N5O4. The zero-order valence-electron chi connectivity index (χ0n) is 25.9. The number of rotatable bonds is 11. The molecule has 0 radical (unpaired) electrons. The van der Waals surface area contributed by atoms with Crippen molar-refractivity contribution in [1.29, 1.82) is 0 Å². The van der Waals surface area contributed by atoms with Crippen LogP contribution in [0.3, 0.4) is 0 Å². The van der Waals surface area contributed by atoms with Crippen molar-refractivity contribution in [3.63, 3.8) is 0 Å². The number of hydrogen-bond donors (Lipinski definition) is 3. The number of nitrogens with zero attached hydrogens (tertiary/aromatic N) is 2. The Hall–Kier alpha value is -3.20. The Kier molecular flexibility index (Phi) is 8.13. The smallest absolute Gasteiger partial charge is 0.270 e. The van der Waals surface area contributed by atoms with E-state index in [-0.39, 0.29) is 34.5 Å². The van der Waals surface area contributed by atoms with Gasteiger partial charge in [-0.05, 0) is 78.5 Å². The molecule has 1 aromatic heterocycles. The molecule has 1 aliphatic heterocycles. The number of aryl methyl sites for hydroxylation is 1. The summed E-state index contributed by atoms with van der Waals surface area (Å²) in [5.41, 5.74) is 1.31. The monoisotopic (exact) mass is 589 g/mol. The van der Waals surface area contributed by atoms with Gasteiger partial charge in [0.2, 0.25) is 11.8 Å². The van der Waals surface area contributed by atoms with Crippen LogP contribution in [-0.4, -0.2) is 53.3 Å². The van der Waals surface area contributed by atoms with Crippen LogP contribution < -0.4 is 16.0 Å².